The fraction of sp³-hybridized carbons (Fsp3) is 0.440. The summed E-state index contributed by atoms with van der Waals surface area (Å²) in [6, 6.07) is 14.0. The lowest BCUT2D eigenvalue weighted by atomic mass is 9.96. The number of alkyl halides is 1. The Bertz CT molecular complexity index is 932. The van der Waals surface area contributed by atoms with Crippen molar-refractivity contribution in [2.45, 2.75) is 68.8 Å². The monoisotopic (exact) mass is 644 g/mol. The first-order valence-corrected chi connectivity index (χ1v) is 13.5. The van der Waals surface area contributed by atoms with E-state index in [2.05, 4.69) is 54.7 Å². The Kier molecular flexibility index (Phi) is 9.97. The Balaban J connectivity index is 1.80. The lowest BCUT2D eigenvalue weighted by Gasteiger charge is -2.35. The Hall–Kier alpha value is -1.22. The van der Waals surface area contributed by atoms with Gasteiger partial charge in [0.2, 0.25) is 0 Å². The Morgan fingerprint density at radius 2 is 1.39 bits per heavy atom. The summed E-state index contributed by atoms with van der Waals surface area (Å²) in [7, 11) is 0. The molecule has 2 aromatic carbocycles. The minimum absolute atomic E-state index is 0.0120. The van der Waals surface area contributed by atoms with Gasteiger partial charge in [0.15, 0.2) is 0 Å². The van der Waals surface area contributed by atoms with Crippen LogP contribution in [0.5, 0.6) is 0 Å². The molecule has 0 amide bonds. The molecule has 8 heteroatoms. The average Bonchev–Trinajstić information content (AvgIpc) is 2.79. The van der Waals surface area contributed by atoms with E-state index in [1.54, 1.807) is 48.5 Å². The van der Waals surface area contributed by atoms with Crippen LogP contribution in [-0.2, 0) is 14.2 Å². The molecule has 0 N–H and O–H groups in total. The number of ether oxygens (including phenoxy) is 3. The van der Waals surface area contributed by atoms with Gasteiger partial charge in [0.1, 0.15) is 12.2 Å². The van der Waals surface area contributed by atoms with Crippen molar-refractivity contribution in [2.75, 3.05) is 0 Å². The summed E-state index contributed by atoms with van der Waals surface area (Å²) >= 11 is 10.5. The van der Waals surface area contributed by atoms with Crippen LogP contribution in [0.3, 0.4) is 0 Å². The SMILES string of the molecule is CC[C@H](Br)[C@H]1CC[C@H](OC(=O)c2ccc(Br)cc2)[C@H](OC(=O)c2ccc(Br)cc2)C[C@@H](C)O1. The zero-order chi connectivity index (χ0) is 24.0. The number of benzene rings is 2. The summed E-state index contributed by atoms with van der Waals surface area (Å²) < 4.78 is 19.8. The zero-order valence-electron chi connectivity index (χ0n) is 18.5. The number of rotatable bonds is 6. The maximum Gasteiger partial charge on any atom is 0.338 e. The average molecular weight is 647 g/mol. The number of hydrogen-bond donors (Lipinski definition) is 0. The van der Waals surface area contributed by atoms with Gasteiger partial charge in [-0.3, -0.25) is 0 Å². The van der Waals surface area contributed by atoms with Crippen molar-refractivity contribution >= 4 is 59.7 Å². The third-order valence-electron chi connectivity index (χ3n) is 5.59. The van der Waals surface area contributed by atoms with Gasteiger partial charge in [-0.2, -0.15) is 0 Å². The largest absolute Gasteiger partial charge is 0.455 e. The molecule has 0 saturated carbocycles. The second kappa shape index (κ2) is 12.5. The molecule has 0 unspecified atom stereocenters. The molecule has 1 aliphatic rings. The van der Waals surface area contributed by atoms with Gasteiger partial charge in [-0.1, -0.05) is 54.7 Å². The van der Waals surface area contributed by atoms with Gasteiger partial charge in [-0.15, -0.1) is 0 Å². The van der Waals surface area contributed by atoms with Crippen LogP contribution in [0.1, 0.15) is 60.2 Å². The molecular weight excluding hydrogens is 620 g/mol. The van der Waals surface area contributed by atoms with E-state index < -0.39 is 24.1 Å². The van der Waals surface area contributed by atoms with Crippen molar-refractivity contribution < 1.29 is 23.8 Å². The van der Waals surface area contributed by atoms with E-state index in [4.69, 9.17) is 14.2 Å². The molecule has 1 fully saturated rings. The van der Waals surface area contributed by atoms with Crippen molar-refractivity contribution in [1.29, 1.82) is 0 Å². The third-order valence-corrected chi connectivity index (χ3v) is 7.89. The molecule has 5 atom stereocenters. The molecule has 2 aromatic rings. The highest BCUT2D eigenvalue weighted by molar-refractivity contribution is 9.10. The summed E-state index contributed by atoms with van der Waals surface area (Å²) in [5.41, 5.74) is 0.891. The van der Waals surface area contributed by atoms with E-state index >= 15 is 0 Å². The van der Waals surface area contributed by atoms with Crippen LogP contribution < -0.4 is 0 Å². The molecule has 0 aliphatic carbocycles. The Morgan fingerprint density at radius 3 is 1.88 bits per heavy atom. The Morgan fingerprint density at radius 1 is 0.909 bits per heavy atom. The van der Waals surface area contributed by atoms with E-state index in [1.165, 1.54) is 0 Å². The van der Waals surface area contributed by atoms with Crippen molar-refractivity contribution in [3.05, 3.63) is 68.6 Å². The summed E-state index contributed by atoms with van der Waals surface area (Å²) in [4.78, 5) is 25.9. The maximum absolute atomic E-state index is 12.9. The van der Waals surface area contributed by atoms with Crippen LogP contribution in [0.4, 0.5) is 0 Å². The number of halogens is 3. The fourth-order valence-electron chi connectivity index (χ4n) is 3.79. The Labute approximate surface area is 219 Å². The molecule has 0 radical (unpaired) electrons. The molecule has 33 heavy (non-hydrogen) atoms. The number of esters is 2. The predicted molar refractivity (Wildman–Crippen MR) is 138 cm³/mol. The molecule has 1 aliphatic heterocycles. The van der Waals surface area contributed by atoms with Crippen LogP contribution in [0.2, 0.25) is 0 Å². The predicted octanol–water partition coefficient (Wildman–Crippen LogP) is 7.09. The highest BCUT2D eigenvalue weighted by Gasteiger charge is 2.36. The summed E-state index contributed by atoms with van der Waals surface area (Å²) in [6.07, 6.45) is 1.18. The van der Waals surface area contributed by atoms with Gasteiger partial charge in [0, 0.05) is 20.2 Å². The minimum Gasteiger partial charge on any atom is -0.455 e. The van der Waals surface area contributed by atoms with Crippen molar-refractivity contribution in [3.8, 4) is 0 Å². The second-order valence-electron chi connectivity index (χ2n) is 8.12. The lowest BCUT2D eigenvalue weighted by molar-refractivity contribution is -0.0954. The van der Waals surface area contributed by atoms with E-state index in [-0.39, 0.29) is 17.0 Å². The first kappa shape index (κ1) is 26.4. The number of carbonyl (C=O) groups excluding carboxylic acids is 2. The van der Waals surface area contributed by atoms with E-state index in [0.717, 1.165) is 15.4 Å². The van der Waals surface area contributed by atoms with Crippen LogP contribution >= 0.6 is 47.8 Å². The van der Waals surface area contributed by atoms with E-state index in [0.29, 0.717) is 30.4 Å². The summed E-state index contributed by atoms with van der Waals surface area (Å²) in [5, 5.41) is 0. The first-order valence-electron chi connectivity index (χ1n) is 11.0. The minimum atomic E-state index is -0.619. The van der Waals surface area contributed by atoms with Crippen LogP contribution in [-0.4, -0.2) is 41.2 Å². The molecule has 5 nitrogen and oxygen atoms in total. The highest BCUT2D eigenvalue weighted by Crippen LogP contribution is 2.29. The van der Waals surface area contributed by atoms with Gasteiger partial charge >= 0.3 is 11.9 Å². The highest BCUT2D eigenvalue weighted by atomic mass is 79.9. The third kappa shape index (κ3) is 7.64. The lowest BCUT2D eigenvalue weighted by Crippen LogP contribution is -2.42. The smallest absolute Gasteiger partial charge is 0.338 e. The molecular formula is C25H27Br3O5. The van der Waals surface area contributed by atoms with Crippen molar-refractivity contribution in [1.82, 2.24) is 0 Å². The van der Waals surface area contributed by atoms with E-state index in [1.807, 2.05) is 6.92 Å². The van der Waals surface area contributed by atoms with Crippen molar-refractivity contribution in [3.63, 3.8) is 0 Å². The number of carbonyl (C=O) groups is 2. The number of hydrogen-bond acceptors (Lipinski definition) is 5. The first-order chi connectivity index (χ1) is 15.8. The van der Waals surface area contributed by atoms with Gasteiger partial charge in [-0.25, -0.2) is 9.59 Å². The van der Waals surface area contributed by atoms with Gasteiger partial charge in [0.05, 0.1) is 23.3 Å². The van der Waals surface area contributed by atoms with Gasteiger partial charge in [-0.05, 0) is 74.7 Å². The fourth-order valence-corrected chi connectivity index (χ4v) is 4.70. The molecule has 0 bridgehead atoms. The molecule has 3 rings (SSSR count). The summed E-state index contributed by atoms with van der Waals surface area (Å²) in [6.45, 7) is 4.06. The maximum atomic E-state index is 12.9. The van der Waals surface area contributed by atoms with Crippen molar-refractivity contribution in [2.24, 2.45) is 0 Å². The van der Waals surface area contributed by atoms with Crippen LogP contribution in [0, 0.1) is 0 Å². The molecule has 1 saturated heterocycles. The van der Waals surface area contributed by atoms with Gasteiger partial charge in [0.25, 0.3) is 0 Å². The molecule has 0 aromatic heterocycles. The van der Waals surface area contributed by atoms with Crippen LogP contribution in [0.25, 0.3) is 0 Å². The molecule has 178 valence electrons. The molecule has 1 heterocycles. The quantitative estimate of drug-likeness (QED) is 0.248. The zero-order valence-corrected chi connectivity index (χ0v) is 23.3. The van der Waals surface area contributed by atoms with E-state index in [9.17, 15) is 9.59 Å². The normalized spacial score (nSPS) is 24.3. The molecule has 0 spiro atoms. The van der Waals surface area contributed by atoms with Crippen LogP contribution in [0.15, 0.2) is 57.5 Å². The summed E-state index contributed by atoms with van der Waals surface area (Å²) in [5.74, 6) is -0.887. The second-order valence-corrected chi connectivity index (χ2v) is 11.1. The van der Waals surface area contributed by atoms with Gasteiger partial charge < -0.3 is 14.2 Å². The topological polar surface area (TPSA) is 61.8 Å². The standard InChI is InChI=1S/C25H27Br3O5/c1-3-20(28)21-12-13-22(32-24(29)16-4-8-18(26)9-5-16)23(14-15(2)31-21)33-25(30)17-6-10-19(27)11-7-17/h4-11,15,20-23H,3,12-14H2,1-2H3/t15-,20+,21-,22+,23-/m1/s1.